The van der Waals surface area contributed by atoms with Crippen LogP contribution in [0.1, 0.15) is 12.5 Å². The van der Waals surface area contributed by atoms with Crippen molar-refractivity contribution in [2.24, 2.45) is 4.99 Å². The van der Waals surface area contributed by atoms with Gasteiger partial charge in [0.15, 0.2) is 5.96 Å². The molecular formula is C16H21ClF2IN5O. The number of guanidine groups is 1. The molecule has 2 aromatic rings. The van der Waals surface area contributed by atoms with Crippen molar-refractivity contribution in [2.45, 2.75) is 26.6 Å². The number of nitrogens with one attached hydrogen (secondary N) is 2. The Bertz CT molecular complexity index is 685. The highest BCUT2D eigenvalue weighted by Gasteiger charge is 2.10. The van der Waals surface area contributed by atoms with Gasteiger partial charge in [0.2, 0.25) is 0 Å². The Morgan fingerprint density at radius 3 is 2.85 bits per heavy atom. The maximum atomic E-state index is 12.5. The Morgan fingerprint density at radius 1 is 1.38 bits per heavy atom. The quantitative estimate of drug-likeness (QED) is 0.332. The highest BCUT2D eigenvalue weighted by atomic mass is 127. The zero-order valence-corrected chi connectivity index (χ0v) is 17.2. The van der Waals surface area contributed by atoms with Crippen LogP contribution in [0.5, 0.6) is 5.75 Å². The molecule has 0 aliphatic heterocycles. The fourth-order valence-electron chi connectivity index (χ4n) is 2.11. The summed E-state index contributed by atoms with van der Waals surface area (Å²) in [6.45, 7) is 1.15. The number of aliphatic imine (C=N–C) groups is 1. The summed E-state index contributed by atoms with van der Waals surface area (Å²) in [6.07, 6.45) is 3.58. The van der Waals surface area contributed by atoms with Gasteiger partial charge in [0.25, 0.3) is 0 Å². The van der Waals surface area contributed by atoms with Gasteiger partial charge in [-0.3, -0.25) is 4.68 Å². The smallest absolute Gasteiger partial charge is 0.387 e. The van der Waals surface area contributed by atoms with Crippen LogP contribution in [0.4, 0.5) is 8.78 Å². The molecule has 0 aliphatic rings. The first-order chi connectivity index (χ1) is 12.1. The number of aromatic nitrogens is 2. The second kappa shape index (κ2) is 11.9. The number of ether oxygens (including phenoxy) is 1. The van der Waals surface area contributed by atoms with Crippen molar-refractivity contribution in [2.75, 3.05) is 13.1 Å². The number of hydrogen-bond donors (Lipinski definition) is 2. The van der Waals surface area contributed by atoms with E-state index in [1.54, 1.807) is 16.9 Å². The van der Waals surface area contributed by atoms with Crippen LogP contribution in [-0.4, -0.2) is 35.4 Å². The van der Waals surface area contributed by atoms with E-state index in [2.05, 4.69) is 25.5 Å². The Balaban J connectivity index is 0.00000338. The van der Waals surface area contributed by atoms with E-state index >= 15 is 0 Å². The van der Waals surface area contributed by atoms with Crippen molar-refractivity contribution in [3.63, 3.8) is 0 Å². The first kappa shape index (κ1) is 22.4. The van der Waals surface area contributed by atoms with Crippen LogP contribution in [0.2, 0.25) is 5.02 Å². The van der Waals surface area contributed by atoms with Gasteiger partial charge in [-0.2, -0.15) is 13.9 Å². The van der Waals surface area contributed by atoms with Crippen LogP contribution in [0, 0.1) is 0 Å². The monoisotopic (exact) mass is 499 g/mol. The first-order valence-electron chi connectivity index (χ1n) is 7.81. The molecule has 1 aromatic heterocycles. The van der Waals surface area contributed by atoms with Gasteiger partial charge in [-0.1, -0.05) is 11.6 Å². The van der Waals surface area contributed by atoms with Crippen LogP contribution < -0.4 is 15.4 Å². The van der Waals surface area contributed by atoms with Crippen molar-refractivity contribution >= 4 is 41.5 Å². The number of benzene rings is 1. The number of hydrogen-bond acceptors (Lipinski definition) is 3. The molecular weight excluding hydrogens is 479 g/mol. The summed E-state index contributed by atoms with van der Waals surface area (Å²) in [5, 5.41) is 10.8. The van der Waals surface area contributed by atoms with Gasteiger partial charge >= 0.3 is 6.61 Å². The van der Waals surface area contributed by atoms with Crippen LogP contribution in [-0.2, 0) is 13.1 Å². The molecule has 2 rings (SSSR count). The summed E-state index contributed by atoms with van der Waals surface area (Å²) < 4.78 is 31.3. The Morgan fingerprint density at radius 2 is 2.19 bits per heavy atom. The zero-order valence-electron chi connectivity index (χ0n) is 14.2. The topological polar surface area (TPSA) is 63.5 Å². The number of halogens is 4. The molecule has 0 radical (unpaired) electrons. The summed E-state index contributed by atoms with van der Waals surface area (Å²) in [5.74, 6) is 0.633. The molecule has 0 saturated carbocycles. The molecule has 144 valence electrons. The molecule has 2 N–H and O–H groups in total. The molecule has 0 fully saturated rings. The highest BCUT2D eigenvalue weighted by Crippen LogP contribution is 2.25. The van der Waals surface area contributed by atoms with Gasteiger partial charge < -0.3 is 15.4 Å². The van der Waals surface area contributed by atoms with Gasteiger partial charge in [0.1, 0.15) is 5.75 Å². The maximum Gasteiger partial charge on any atom is 0.387 e. The van der Waals surface area contributed by atoms with Gasteiger partial charge in [-0.25, -0.2) is 4.99 Å². The lowest BCUT2D eigenvalue weighted by molar-refractivity contribution is -0.0504. The average Bonchev–Trinajstić information content (AvgIpc) is 3.08. The Labute approximate surface area is 173 Å². The fraction of sp³-hybridized carbons (Fsp3) is 0.375. The largest absolute Gasteiger partial charge is 0.434 e. The molecule has 26 heavy (non-hydrogen) atoms. The van der Waals surface area contributed by atoms with Crippen molar-refractivity contribution in [1.29, 1.82) is 0 Å². The standard InChI is InChI=1S/C16H20ClF2N5O.HI/c1-2-20-16(21-7-9-24-8-3-6-23-24)22-11-12-10-13(17)4-5-14(12)25-15(18)19;/h3-6,8,10,15H,2,7,9,11H2,1H3,(H2,20,21,22);1H. The van der Waals surface area contributed by atoms with Gasteiger partial charge in [0, 0.05) is 36.1 Å². The van der Waals surface area contributed by atoms with Crippen LogP contribution >= 0.6 is 35.6 Å². The number of alkyl halides is 2. The SMILES string of the molecule is CCNC(=NCc1cc(Cl)ccc1OC(F)F)NCCn1cccn1.I. The minimum absolute atomic E-state index is 0. The van der Waals surface area contributed by atoms with E-state index in [4.69, 9.17) is 11.6 Å². The normalized spacial score (nSPS) is 11.2. The number of nitrogens with zero attached hydrogens (tertiary/aromatic N) is 3. The third kappa shape index (κ3) is 7.73. The minimum atomic E-state index is -2.90. The predicted octanol–water partition coefficient (Wildman–Crippen LogP) is 3.51. The van der Waals surface area contributed by atoms with Crippen LogP contribution in [0.3, 0.4) is 0 Å². The molecule has 0 bridgehead atoms. The summed E-state index contributed by atoms with van der Waals surface area (Å²) in [4.78, 5) is 4.39. The van der Waals surface area contributed by atoms with E-state index < -0.39 is 6.61 Å². The van der Waals surface area contributed by atoms with Gasteiger partial charge in [-0.15, -0.1) is 24.0 Å². The third-order valence-corrected chi connectivity index (χ3v) is 3.42. The molecule has 0 unspecified atom stereocenters. The van der Waals surface area contributed by atoms with Gasteiger partial charge in [-0.05, 0) is 31.2 Å². The average molecular weight is 500 g/mol. The first-order valence-corrected chi connectivity index (χ1v) is 8.19. The molecule has 6 nitrogen and oxygen atoms in total. The second-order valence-corrected chi connectivity index (χ2v) is 5.46. The van der Waals surface area contributed by atoms with Crippen LogP contribution in [0.25, 0.3) is 0 Å². The van der Waals surface area contributed by atoms with Crippen molar-refractivity contribution in [1.82, 2.24) is 20.4 Å². The van der Waals surface area contributed by atoms with E-state index in [0.29, 0.717) is 36.2 Å². The molecule has 0 amide bonds. The molecule has 0 spiro atoms. The minimum Gasteiger partial charge on any atom is -0.434 e. The maximum absolute atomic E-state index is 12.5. The lowest BCUT2D eigenvalue weighted by Crippen LogP contribution is -2.38. The second-order valence-electron chi connectivity index (χ2n) is 5.02. The lowest BCUT2D eigenvalue weighted by Gasteiger charge is -2.13. The van der Waals surface area contributed by atoms with Crippen molar-refractivity contribution in [3.8, 4) is 5.75 Å². The Kier molecular flexibility index (Phi) is 10.3. The molecule has 1 aromatic carbocycles. The highest BCUT2D eigenvalue weighted by molar-refractivity contribution is 14.0. The molecule has 0 saturated heterocycles. The van der Waals surface area contributed by atoms with Gasteiger partial charge in [0.05, 0.1) is 13.1 Å². The molecule has 0 aliphatic carbocycles. The van der Waals surface area contributed by atoms with Crippen molar-refractivity contribution < 1.29 is 13.5 Å². The van der Waals surface area contributed by atoms with Crippen molar-refractivity contribution in [3.05, 3.63) is 47.2 Å². The molecule has 0 atom stereocenters. The van der Waals surface area contributed by atoms with Crippen LogP contribution in [0.15, 0.2) is 41.7 Å². The molecule has 1 heterocycles. The third-order valence-electron chi connectivity index (χ3n) is 3.18. The summed E-state index contributed by atoms with van der Waals surface area (Å²) in [5.41, 5.74) is 0.483. The van der Waals surface area contributed by atoms with E-state index in [-0.39, 0.29) is 36.3 Å². The lowest BCUT2D eigenvalue weighted by atomic mass is 10.2. The summed E-state index contributed by atoms with van der Waals surface area (Å²) >= 11 is 5.94. The van der Waals surface area contributed by atoms with E-state index in [1.165, 1.54) is 12.1 Å². The summed E-state index contributed by atoms with van der Waals surface area (Å²) in [6, 6.07) is 6.33. The fourth-order valence-corrected chi connectivity index (χ4v) is 2.30. The van der Waals surface area contributed by atoms with E-state index in [1.807, 2.05) is 19.2 Å². The molecule has 10 heteroatoms. The zero-order chi connectivity index (χ0) is 18.1. The Hall–Kier alpha value is -1.62. The predicted molar refractivity (Wildman–Crippen MR) is 109 cm³/mol. The van der Waals surface area contributed by atoms with E-state index in [0.717, 1.165) is 0 Å². The number of rotatable bonds is 8. The summed E-state index contributed by atoms with van der Waals surface area (Å²) in [7, 11) is 0. The van der Waals surface area contributed by atoms with E-state index in [9.17, 15) is 8.78 Å².